The van der Waals surface area contributed by atoms with Gasteiger partial charge in [-0.05, 0) is 41.5 Å². The lowest BCUT2D eigenvalue weighted by Crippen LogP contribution is -2.14. The van der Waals surface area contributed by atoms with Crippen LogP contribution < -0.4 is 10.6 Å². The number of halogens is 2. The van der Waals surface area contributed by atoms with Gasteiger partial charge in [0.05, 0.1) is 6.04 Å². The topological polar surface area (TPSA) is 29.3 Å². The molecule has 0 aliphatic carbocycles. The largest absolute Gasteiger partial charge is 0.378 e. The minimum Gasteiger partial charge on any atom is -0.378 e. The Labute approximate surface area is 123 Å². The second kappa shape index (κ2) is 5.83. The molecular weight excluding hydrogens is 279 g/mol. The molecule has 2 aromatic carbocycles. The number of nitrogens with zero attached hydrogens (tertiary/aromatic N) is 1. The van der Waals surface area contributed by atoms with Crippen LogP contribution in [-0.2, 0) is 0 Å². The van der Waals surface area contributed by atoms with Crippen LogP contribution in [0.1, 0.15) is 17.2 Å². The summed E-state index contributed by atoms with van der Waals surface area (Å²) in [6, 6.07) is 13.1. The standard InChI is InChI=1S/C15H16Cl2N2/c1-19(2)12-5-3-4-10(8-12)15(18)13-9-11(16)6-7-14(13)17/h3-9,15H,18H2,1-2H3. The van der Waals surface area contributed by atoms with Crippen molar-refractivity contribution in [3.63, 3.8) is 0 Å². The summed E-state index contributed by atoms with van der Waals surface area (Å²) >= 11 is 12.2. The average molecular weight is 295 g/mol. The zero-order chi connectivity index (χ0) is 14.0. The highest BCUT2D eigenvalue weighted by Crippen LogP contribution is 2.30. The number of benzene rings is 2. The van der Waals surface area contributed by atoms with Gasteiger partial charge < -0.3 is 10.6 Å². The summed E-state index contributed by atoms with van der Waals surface area (Å²) in [5.74, 6) is 0. The molecule has 19 heavy (non-hydrogen) atoms. The molecule has 0 bridgehead atoms. The van der Waals surface area contributed by atoms with E-state index in [0.29, 0.717) is 10.0 Å². The van der Waals surface area contributed by atoms with Gasteiger partial charge in [0.15, 0.2) is 0 Å². The first-order valence-corrected chi connectivity index (χ1v) is 6.72. The minimum atomic E-state index is -0.286. The highest BCUT2D eigenvalue weighted by molar-refractivity contribution is 6.33. The van der Waals surface area contributed by atoms with Crippen LogP contribution in [0.4, 0.5) is 5.69 Å². The van der Waals surface area contributed by atoms with Gasteiger partial charge in [-0.1, -0.05) is 35.3 Å². The first kappa shape index (κ1) is 14.2. The van der Waals surface area contributed by atoms with Crippen LogP contribution >= 0.6 is 23.2 Å². The molecule has 0 aliphatic rings. The van der Waals surface area contributed by atoms with Gasteiger partial charge in [0, 0.05) is 29.8 Å². The molecule has 2 N–H and O–H groups in total. The molecule has 2 nitrogen and oxygen atoms in total. The normalized spacial score (nSPS) is 12.3. The number of nitrogens with two attached hydrogens (primary N) is 1. The molecule has 0 saturated carbocycles. The molecule has 0 radical (unpaired) electrons. The molecule has 0 aliphatic heterocycles. The zero-order valence-electron chi connectivity index (χ0n) is 10.9. The third-order valence-corrected chi connectivity index (χ3v) is 3.62. The van der Waals surface area contributed by atoms with Crippen molar-refractivity contribution in [3.8, 4) is 0 Å². The smallest absolute Gasteiger partial charge is 0.0567 e. The molecule has 0 amide bonds. The SMILES string of the molecule is CN(C)c1cccc(C(N)c2cc(Cl)ccc2Cl)c1. The average Bonchev–Trinajstić information content (AvgIpc) is 2.41. The molecule has 0 aromatic heterocycles. The first-order chi connectivity index (χ1) is 8.99. The van der Waals surface area contributed by atoms with Crippen molar-refractivity contribution >= 4 is 28.9 Å². The maximum Gasteiger partial charge on any atom is 0.0567 e. The number of anilines is 1. The lowest BCUT2D eigenvalue weighted by molar-refractivity contribution is 0.870. The molecule has 100 valence electrons. The molecule has 0 heterocycles. The predicted molar refractivity (Wildman–Crippen MR) is 83.3 cm³/mol. The van der Waals surface area contributed by atoms with E-state index in [1.165, 1.54) is 0 Å². The first-order valence-electron chi connectivity index (χ1n) is 5.97. The Kier molecular flexibility index (Phi) is 4.35. The molecule has 0 fully saturated rings. The van der Waals surface area contributed by atoms with Gasteiger partial charge in [-0.3, -0.25) is 0 Å². The summed E-state index contributed by atoms with van der Waals surface area (Å²) in [7, 11) is 3.99. The quantitative estimate of drug-likeness (QED) is 0.923. The predicted octanol–water partition coefficient (Wildman–Crippen LogP) is 4.11. The highest BCUT2D eigenvalue weighted by Gasteiger charge is 2.13. The maximum absolute atomic E-state index is 6.29. The van der Waals surface area contributed by atoms with Crippen molar-refractivity contribution in [1.82, 2.24) is 0 Å². The summed E-state index contributed by atoms with van der Waals surface area (Å²) in [4.78, 5) is 2.04. The second-order valence-electron chi connectivity index (χ2n) is 4.63. The van der Waals surface area contributed by atoms with E-state index in [-0.39, 0.29) is 6.04 Å². The van der Waals surface area contributed by atoms with Crippen molar-refractivity contribution in [2.45, 2.75) is 6.04 Å². The summed E-state index contributed by atoms with van der Waals surface area (Å²) in [5, 5.41) is 1.27. The third kappa shape index (κ3) is 3.21. The van der Waals surface area contributed by atoms with Crippen LogP contribution in [0.15, 0.2) is 42.5 Å². The van der Waals surface area contributed by atoms with Gasteiger partial charge in [-0.25, -0.2) is 0 Å². The van der Waals surface area contributed by atoms with Gasteiger partial charge in [0.1, 0.15) is 0 Å². The monoisotopic (exact) mass is 294 g/mol. The molecule has 0 spiro atoms. The molecule has 2 aromatic rings. The fraction of sp³-hybridized carbons (Fsp3) is 0.200. The summed E-state index contributed by atoms with van der Waals surface area (Å²) in [5.41, 5.74) is 9.24. The highest BCUT2D eigenvalue weighted by atomic mass is 35.5. The van der Waals surface area contributed by atoms with Crippen LogP contribution in [0, 0.1) is 0 Å². The van der Waals surface area contributed by atoms with E-state index in [4.69, 9.17) is 28.9 Å². The Balaban J connectivity index is 2.41. The molecule has 4 heteroatoms. The summed E-state index contributed by atoms with van der Waals surface area (Å²) < 4.78 is 0. The van der Waals surface area contributed by atoms with Crippen molar-refractivity contribution in [1.29, 1.82) is 0 Å². The minimum absolute atomic E-state index is 0.286. The molecular formula is C15H16Cl2N2. The second-order valence-corrected chi connectivity index (χ2v) is 5.48. The summed E-state index contributed by atoms with van der Waals surface area (Å²) in [6.07, 6.45) is 0. The van der Waals surface area contributed by atoms with Crippen molar-refractivity contribution in [3.05, 3.63) is 63.6 Å². The van der Waals surface area contributed by atoms with E-state index >= 15 is 0 Å². The molecule has 0 saturated heterocycles. The molecule has 1 atom stereocenters. The van der Waals surface area contributed by atoms with Crippen molar-refractivity contribution in [2.75, 3.05) is 19.0 Å². The Bertz CT molecular complexity index is 582. The molecule has 1 unspecified atom stereocenters. The van der Waals surface area contributed by atoms with E-state index in [1.807, 2.05) is 43.3 Å². The third-order valence-electron chi connectivity index (χ3n) is 3.04. The fourth-order valence-corrected chi connectivity index (χ4v) is 2.34. The summed E-state index contributed by atoms with van der Waals surface area (Å²) in [6.45, 7) is 0. The van der Waals surface area contributed by atoms with E-state index in [2.05, 4.69) is 6.07 Å². The van der Waals surface area contributed by atoms with E-state index in [1.54, 1.807) is 12.1 Å². The van der Waals surface area contributed by atoms with Crippen LogP contribution in [0.3, 0.4) is 0 Å². The number of rotatable bonds is 3. The lowest BCUT2D eigenvalue weighted by Gasteiger charge is -2.18. The fourth-order valence-electron chi connectivity index (χ4n) is 1.93. The van der Waals surface area contributed by atoms with Crippen LogP contribution in [0.5, 0.6) is 0 Å². The van der Waals surface area contributed by atoms with Crippen LogP contribution in [0.2, 0.25) is 10.0 Å². The van der Waals surface area contributed by atoms with Crippen molar-refractivity contribution < 1.29 is 0 Å². The van der Waals surface area contributed by atoms with Gasteiger partial charge in [-0.15, -0.1) is 0 Å². The van der Waals surface area contributed by atoms with Gasteiger partial charge in [0.2, 0.25) is 0 Å². The molecule has 2 rings (SSSR count). The lowest BCUT2D eigenvalue weighted by atomic mass is 9.99. The zero-order valence-corrected chi connectivity index (χ0v) is 12.4. The number of hydrogen-bond donors (Lipinski definition) is 1. The van der Waals surface area contributed by atoms with E-state index < -0.39 is 0 Å². The van der Waals surface area contributed by atoms with E-state index in [9.17, 15) is 0 Å². The van der Waals surface area contributed by atoms with Gasteiger partial charge in [-0.2, -0.15) is 0 Å². The van der Waals surface area contributed by atoms with Crippen LogP contribution in [0.25, 0.3) is 0 Å². The Morgan fingerprint density at radius 2 is 1.79 bits per heavy atom. The van der Waals surface area contributed by atoms with Crippen LogP contribution in [-0.4, -0.2) is 14.1 Å². The van der Waals surface area contributed by atoms with Gasteiger partial charge in [0.25, 0.3) is 0 Å². The Hall–Kier alpha value is -1.22. The number of hydrogen-bond acceptors (Lipinski definition) is 2. The Morgan fingerprint density at radius 3 is 2.47 bits per heavy atom. The van der Waals surface area contributed by atoms with E-state index in [0.717, 1.165) is 16.8 Å². The van der Waals surface area contributed by atoms with Crippen molar-refractivity contribution in [2.24, 2.45) is 5.73 Å². The Morgan fingerprint density at radius 1 is 1.05 bits per heavy atom. The maximum atomic E-state index is 6.29. The van der Waals surface area contributed by atoms with Gasteiger partial charge >= 0.3 is 0 Å².